The summed E-state index contributed by atoms with van der Waals surface area (Å²) in [5, 5.41) is 8.41. The largest absolute Gasteiger partial charge is 0.481 e. The molecule has 1 aromatic carbocycles. The Balaban J connectivity index is 2.45. The van der Waals surface area contributed by atoms with Gasteiger partial charge >= 0.3 is 5.97 Å². The molecule has 0 unspecified atom stereocenters. The molecule has 0 spiro atoms. The predicted octanol–water partition coefficient (Wildman–Crippen LogP) is 2.09. The van der Waals surface area contributed by atoms with Crippen molar-refractivity contribution in [2.75, 3.05) is 0 Å². The molecule has 0 amide bonds. The fraction of sp³-hybridized carbons (Fsp3) is 0.182. The van der Waals surface area contributed by atoms with Crippen LogP contribution in [0.15, 0.2) is 24.3 Å². The first kappa shape index (κ1) is 9.78. The van der Waals surface area contributed by atoms with E-state index in [-0.39, 0.29) is 6.42 Å². The van der Waals surface area contributed by atoms with Crippen LogP contribution in [0.25, 0.3) is 0 Å². The van der Waals surface area contributed by atoms with Crippen LogP contribution in [0.3, 0.4) is 0 Å². The van der Waals surface area contributed by atoms with Crippen LogP contribution in [0.2, 0.25) is 0 Å². The van der Waals surface area contributed by atoms with Crippen LogP contribution in [-0.2, 0) is 11.2 Å². The number of hydrogen-bond donors (Lipinski definition) is 1. The van der Waals surface area contributed by atoms with Gasteiger partial charge in [0.05, 0.1) is 0 Å². The summed E-state index contributed by atoms with van der Waals surface area (Å²) in [5.41, 5.74) is 2.05. The van der Waals surface area contributed by atoms with Crippen LogP contribution < -0.4 is 0 Å². The zero-order valence-electron chi connectivity index (χ0n) is 7.36. The fourth-order valence-corrected chi connectivity index (χ4v) is 1.11. The summed E-state index contributed by atoms with van der Waals surface area (Å²) >= 11 is 0. The van der Waals surface area contributed by atoms with Gasteiger partial charge in [0.1, 0.15) is 0 Å². The van der Waals surface area contributed by atoms with Crippen molar-refractivity contribution in [1.82, 2.24) is 0 Å². The highest BCUT2D eigenvalue weighted by atomic mass is 16.4. The Morgan fingerprint density at radius 2 is 2.15 bits per heavy atom. The summed E-state index contributed by atoms with van der Waals surface area (Å²) in [4.78, 5) is 10.2. The van der Waals surface area contributed by atoms with Crippen molar-refractivity contribution in [2.45, 2.75) is 12.8 Å². The van der Waals surface area contributed by atoms with Crippen molar-refractivity contribution in [2.24, 2.45) is 0 Å². The zero-order valence-corrected chi connectivity index (χ0v) is 7.36. The van der Waals surface area contributed by atoms with Crippen molar-refractivity contribution in [3.63, 3.8) is 0 Å². The van der Waals surface area contributed by atoms with Gasteiger partial charge < -0.3 is 5.11 Å². The molecule has 0 fully saturated rings. The molecule has 1 aromatic rings. The molecule has 0 saturated heterocycles. The summed E-state index contributed by atoms with van der Waals surface area (Å²) in [6.07, 6.45) is 2.52. The maximum atomic E-state index is 10.2. The molecule has 2 heteroatoms. The smallest absolute Gasteiger partial charge is 0.303 e. The van der Waals surface area contributed by atoms with Crippen LogP contribution >= 0.6 is 0 Å². The van der Waals surface area contributed by atoms with Gasteiger partial charge in [-0.3, -0.25) is 4.79 Å². The van der Waals surface area contributed by atoms with E-state index in [2.05, 4.69) is 6.92 Å². The molecule has 2 nitrogen and oxygen atoms in total. The van der Waals surface area contributed by atoms with Crippen molar-refractivity contribution >= 4 is 5.97 Å². The van der Waals surface area contributed by atoms with Gasteiger partial charge in [0.2, 0.25) is 0 Å². The molecule has 1 N–H and O–H groups in total. The second-order valence-corrected chi connectivity index (χ2v) is 2.86. The molecule has 0 aromatic heterocycles. The first-order chi connectivity index (χ1) is 6.20. The number of carbonyl (C=O) groups is 1. The van der Waals surface area contributed by atoms with Gasteiger partial charge in [0, 0.05) is 6.42 Å². The Hall–Kier alpha value is -1.31. The highest BCUT2D eigenvalue weighted by Gasteiger charge is 2.00. The molecule has 0 aliphatic heterocycles. The molecule has 2 radical (unpaired) electrons. The van der Waals surface area contributed by atoms with Gasteiger partial charge in [0.15, 0.2) is 0 Å². The molecule has 0 aliphatic carbocycles. The molecule has 0 bridgehead atoms. The van der Waals surface area contributed by atoms with Crippen LogP contribution in [0.1, 0.15) is 17.5 Å². The Labute approximate surface area is 78.2 Å². The lowest BCUT2D eigenvalue weighted by Crippen LogP contribution is -1.97. The number of carboxylic acids is 1. The minimum atomic E-state index is -0.790. The van der Waals surface area contributed by atoms with E-state index in [1.54, 1.807) is 6.42 Å². The second kappa shape index (κ2) is 4.65. The Morgan fingerprint density at radius 1 is 1.46 bits per heavy atom. The van der Waals surface area contributed by atoms with Crippen LogP contribution in [-0.4, -0.2) is 11.1 Å². The van der Waals surface area contributed by atoms with Crippen LogP contribution in [0, 0.1) is 13.3 Å². The van der Waals surface area contributed by atoms with Gasteiger partial charge in [-0.05, 0) is 30.9 Å². The van der Waals surface area contributed by atoms with Crippen molar-refractivity contribution in [1.29, 1.82) is 0 Å². The van der Waals surface area contributed by atoms with Gasteiger partial charge in [-0.15, -0.1) is 0 Å². The minimum absolute atomic E-state index is 0.105. The van der Waals surface area contributed by atoms with Crippen LogP contribution in [0.4, 0.5) is 0 Å². The maximum Gasteiger partial charge on any atom is 0.303 e. The van der Waals surface area contributed by atoms with E-state index in [1.807, 2.05) is 24.3 Å². The van der Waals surface area contributed by atoms with Crippen molar-refractivity contribution in [3.05, 3.63) is 48.7 Å². The van der Waals surface area contributed by atoms with Gasteiger partial charge in [-0.25, -0.2) is 0 Å². The normalized spacial score (nSPS) is 9.92. The molecule has 0 heterocycles. The molecular weight excluding hydrogens is 164 g/mol. The molecule has 0 atom stereocenters. The van der Waals surface area contributed by atoms with Gasteiger partial charge in [-0.1, -0.05) is 24.3 Å². The first-order valence-corrected chi connectivity index (χ1v) is 4.13. The van der Waals surface area contributed by atoms with Crippen LogP contribution in [0.5, 0.6) is 0 Å². The fourth-order valence-electron chi connectivity index (χ4n) is 1.11. The van der Waals surface area contributed by atoms with E-state index in [1.165, 1.54) is 0 Å². The monoisotopic (exact) mass is 176 g/mol. The first-order valence-electron chi connectivity index (χ1n) is 4.13. The van der Waals surface area contributed by atoms with E-state index in [0.29, 0.717) is 6.42 Å². The molecular formula is C11H12O2. The molecule has 1 rings (SSSR count). The lowest BCUT2D eigenvalue weighted by Gasteiger charge is -2.02. The summed E-state index contributed by atoms with van der Waals surface area (Å²) in [6.45, 7) is 3.85. The Bertz CT molecular complexity index is 292. The topological polar surface area (TPSA) is 37.3 Å². The highest BCUT2D eigenvalue weighted by Crippen LogP contribution is 2.09. The van der Waals surface area contributed by atoms with Gasteiger partial charge in [-0.2, -0.15) is 0 Å². The molecule has 0 saturated carbocycles. The number of aliphatic carboxylic acids is 1. The third-order valence-electron chi connectivity index (χ3n) is 1.80. The molecule has 68 valence electrons. The van der Waals surface area contributed by atoms with E-state index in [9.17, 15) is 4.79 Å². The number of hydrogen-bond acceptors (Lipinski definition) is 1. The standard InChI is InChI=1S/C11H12O2/c1-9-5-2-3-6-10(9)7-4-8-11(12)13/h2-6H,1,7-8H2,(H,12,13). The molecule has 13 heavy (non-hydrogen) atoms. The van der Waals surface area contributed by atoms with E-state index in [4.69, 9.17) is 5.11 Å². The SMILES string of the molecule is [CH2]c1ccccc1C[CH]CC(=O)O. The average molecular weight is 176 g/mol. The summed E-state index contributed by atoms with van der Waals surface area (Å²) in [6, 6.07) is 7.73. The molecule has 0 aliphatic rings. The highest BCUT2D eigenvalue weighted by molar-refractivity contribution is 5.68. The number of rotatable bonds is 4. The second-order valence-electron chi connectivity index (χ2n) is 2.86. The Kier molecular flexibility index (Phi) is 3.50. The maximum absolute atomic E-state index is 10.2. The lowest BCUT2D eigenvalue weighted by atomic mass is 10.0. The Morgan fingerprint density at radius 3 is 2.77 bits per heavy atom. The lowest BCUT2D eigenvalue weighted by molar-refractivity contribution is -0.136. The summed E-state index contributed by atoms with van der Waals surface area (Å²) in [7, 11) is 0. The predicted molar refractivity (Wildman–Crippen MR) is 51.2 cm³/mol. The third-order valence-corrected chi connectivity index (χ3v) is 1.80. The number of carboxylic acid groups (broad SMARTS) is 1. The van der Waals surface area contributed by atoms with E-state index >= 15 is 0 Å². The van der Waals surface area contributed by atoms with Crippen molar-refractivity contribution in [3.8, 4) is 0 Å². The quantitative estimate of drug-likeness (QED) is 0.762. The number of benzene rings is 1. The van der Waals surface area contributed by atoms with Gasteiger partial charge in [0.25, 0.3) is 0 Å². The third kappa shape index (κ3) is 3.28. The van der Waals surface area contributed by atoms with E-state index < -0.39 is 5.97 Å². The summed E-state index contributed by atoms with van der Waals surface area (Å²) < 4.78 is 0. The zero-order chi connectivity index (χ0) is 9.68. The van der Waals surface area contributed by atoms with Crippen molar-refractivity contribution < 1.29 is 9.90 Å². The van der Waals surface area contributed by atoms with E-state index in [0.717, 1.165) is 11.1 Å². The average Bonchev–Trinajstić information content (AvgIpc) is 2.08. The summed E-state index contributed by atoms with van der Waals surface area (Å²) in [5.74, 6) is -0.790. The minimum Gasteiger partial charge on any atom is -0.481 e.